The third-order valence-electron chi connectivity index (χ3n) is 2.37. The molecule has 2 nitrogen and oxygen atoms in total. The monoisotopic (exact) mass is 219 g/mol. The van der Waals surface area contributed by atoms with Crippen molar-refractivity contribution in [3.05, 3.63) is 51.7 Å². The number of hydrogen-bond acceptors (Lipinski definition) is 3. The van der Waals surface area contributed by atoms with Crippen molar-refractivity contribution >= 4 is 11.3 Å². The van der Waals surface area contributed by atoms with Gasteiger partial charge < -0.3 is 10.8 Å². The van der Waals surface area contributed by atoms with Crippen LogP contribution < -0.4 is 5.73 Å². The molecule has 2 aromatic rings. The second-order valence-electron chi connectivity index (χ2n) is 3.56. The van der Waals surface area contributed by atoms with Crippen LogP contribution in [0.25, 0.3) is 0 Å². The maximum Gasteiger partial charge on any atom is 0.120 e. The summed E-state index contributed by atoms with van der Waals surface area (Å²) in [5.74, 6) is 0.265. The van der Waals surface area contributed by atoms with Gasteiger partial charge in [-0.3, -0.25) is 0 Å². The quantitative estimate of drug-likeness (QED) is 0.815. The molecule has 78 valence electrons. The van der Waals surface area contributed by atoms with Gasteiger partial charge in [-0.2, -0.15) is 0 Å². The van der Waals surface area contributed by atoms with Gasteiger partial charge in [0.2, 0.25) is 0 Å². The molecule has 0 saturated carbocycles. The van der Waals surface area contributed by atoms with Crippen molar-refractivity contribution in [2.75, 3.05) is 0 Å². The summed E-state index contributed by atoms with van der Waals surface area (Å²) in [6.07, 6.45) is 0. The largest absolute Gasteiger partial charge is 0.508 e. The van der Waals surface area contributed by atoms with Gasteiger partial charge in [-0.1, -0.05) is 23.8 Å². The van der Waals surface area contributed by atoms with E-state index in [4.69, 9.17) is 5.73 Å². The van der Waals surface area contributed by atoms with Gasteiger partial charge in [-0.15, -0.1) is 11.3 Å². The van der Waals surface area contributed by atoms with E-state index in [2.05, 4.69) is 0 Å². The summed E-state index contributed by atoms with van der Waals surface area (Å²) in [4.78, 5) is 1.07. The van der Waals surface area contributed by atoms with Gasteiger partial charge >= 0.3 is 0 Å². The molecule has 2 rings (SSSR count). The Balaban J connectivity index is 2.41. The molecule has 0 unspecified atom stereocenters. The van der Waals surface area contributed by atoms with E-state index in [9.17, 15) is 5.11 Å². The van der Waals surface area contributed by atoms with Crippen LogP contribution in [0, 0.1) is 6.92 Å². The number of hydrogen-bond donors (Lipinski definition) is 2. The highest BCUT2D eigenvalue weighted by Gasteiger charge is 2.13. The number of aryl methyl sites for hydroxylation is 1. The molecule has 1 aromatic heterocycles. The van der Waals surface area contributed by atoms with Crippen molar-refractivity contribution in [3.63, 3.8) is 0 Å². The Morgan fingerprint density at radius 1 is 1.33 bits per heavy atom. The van der Waals surface area contributed by atoms with Gasteiger partial charge in [0.25, 0.3) is 0 Å². The van der Waals surface area contributed by atoms with Crippen LogP contribution in [0.5, 0.6) is 5.75 Å². The van der Waals surface area contributed by atoms with Crippen LogP contribution in [0.3, 0.4) is 0 Å². The molecule has 0 radical (unpaired) electrons. The zero-order valence-corrected chi connectivity index (χ0v) is 9.29. The molecule has 0 saturated heterocycles. The molecule has 3 heteroatoms. The minimum Gasteiger partial charge on any atom is -0.508 e. The lowest BCUT2D eigenvalue weighted by molar-refractivity contribution is 0.465. The lowest BCUT2D eigenvalue weighted by Crippen LogP contribution is -2.10. The minimum atomic E-state index is -0.232. The molecule has 15 heavy (non-hydrogen) atoms. The SMILES string of the molecule is Cc1ccc(O)c([C@H](N)c2cccs2)c1. The Labute approximate surface area is 93.0 Å². The predicted octanol–water partition coefficient (Wildman–Crippen LogP) is 2.81. The minimum absolute atomic E-state index is 0.232. The Hall–Kier alpha value is -1.32. The first-order valence-corrected chi connectivity index (χ1v) is 5.65. The zero-order chi connectivity index (χ0) is 10.8. The molecule has 0 aliphatic rings. The van der Waals surface area contributed by atoms with Crippen molar-refractivity contribution in [3.8, 4) is 5.75 Å². The van der Waals surface area contributed by atoms with Crippen LogP contribution in [-0.2, 0) is 0 Å². The second-order valence-corrected chi connectivity index (χ2v) is 4.53. The highest BCUT2D eigenvalue weighted by molar-refractivity contribution is 7.10. The predicted molar refractivity (Wildman–Crippen MR) is 63.2 cm³/mol. The molecule has 0 amide bonds. The third-order valence-corrected chi connectivity index (χ3v) is 3.32. The van der Waals surface area contributed by atoms with Gasteiger partial charge in [-0.05, 0) is 24.4 Å². The first-order chi connectivity index (χ1) is 7.18. The molecule has 0 spiro atoms. The van der Waals surface area contributed by atoms with Crippen LogP contribution >= 0.6 is 11.3 Å². The molecular weight excluding hydrogens is 206 g/mol. The summed E-state index contributed by atoms with van der Waals surface area (Å²) in [6, 6.07) is 9.21. The Kier molecular flexibility index (Phi) is 2.75. The third kappa shape index (κ3) is 2.03. The van der Waals surface area contributed by atoms with Gasteiger partial charge in [0.15, 0.2) is 0 Å². The van der Waals surface area contributed by atoms with E-state index in [1.165, 1.54) is 0 Å². The highest BCUT2D eigenvalue weighted by atomic mass is 32.1. The number of phenolic OH excluding ortho intramolecular Hbond substituents is 1. The maximum atomic E-state index is 9.73. The second kappa shape index (κ2) is 4.04. The first-order valence-electron chi connectivity index (χ1n) is 4.77. The molecule has 0 aliphatic heterocycles. The lowest BCUT2D eigenvalue weighted by Gasteiger charge is -2.12. The highest BCUT2D eigenvalue weighted by Crippen LogP contribution is 2.30. The van der Waals surface area contributed by atoms with E-state index in [-0.39, 0.29) is 11.8 Å². The van der Waals surface area contributed by atoms with Gasteiger partial charge in [0, 0.05) is 10.4 Å². The number of nitrogens with two attached hydrogens (primary N) is 1. The Morgan fingerprint density at radius 2 is 2.13 bits per heavy atom. The summed E-state index contributed by atoms with van der Waals surface area (Å²) < 4.78 is 0. The zero-order valence-electron chi connectivity index (χ0n) is 8.47. The van der Waals surface area contributed by atoms with E-state index in [1.807, 2.05) is 36.6 Å². The van der Waals surface area contributed by atoms with Crippen molar-refractivity contribution in [2.45, 2.75) is 13.0 Å². The molecule has 1 heterocycles. The summed E-state index contributed by atoms with van der Waals surface area (Å²) in [7, 11) is 0. The van der Waals surface area contributed by atoms with Gasteiger partial charge in [0.05, 0.1) is 6.04 Å². The molecule has 0 aliphatic carbocycles. The number of phenols is 1. The number of thiophene rings is 1. The van der Waals surface area contributed by atoms with Gasteiger partial charge in [0.1, 0.15) is 5.75 Å². The standard InChI is InChI=1S/C12H13NOS/c1-8-4-5-10(14)9(7-8)12(13)11-3-2-6-15-11/h2-7,12,14H,13H2,1H3/t12-/m0/s1. The summed E-state index contributed by atoms with van der Waals surface area (Å²) in [5.41, 5.74) is 7.98. The molecule has 1 aromatic carbocycles. The van der Waals surface area contributed by atoms with Crippen LogP contribution in [0.4, 0.5) is 0 Å². The van der Waals surface area contributed by atoms with Gasteiger partial charge in [-0.25, -0.2) is 0 Å². The maximum absolute atomic E-state index is 9.73. The van der Waals surface area contributed by atoms with Crippen LogP contribution in [-0.4, -0.2) is 5.11 Å². The van der Waals surface area contributed by atoms with Crippen LogP contribution in [0.1, 0.15) is 22.0 Å². The molecule has 0 bridgehead atoms. The smallest absolute Gasteiger partial charge is 0.120 e. The Morgan fingerprint density at radius 3 is 2.80 bits per heavy atom. The topological polar surface area (TPSA) is 46.2 Å². The van der Waals surface area contributed by atoms with E-state index in [0.29, 0.717) is 0 Å². The number of aromatic hydroxyl groups is 1. The van der Waals surface area contributed by atoms with E-state index in [0.717, 1.165) is 16.0 Å². The van der Waals surface area contributed by atoms with Crippen molar-refractivity contribution < 1.29 is 5.11 Å². The number of benzene rings is 1. The van der Waals surface area contributed by atoms with Crippen molar-refractivity contribution in [2.24, 2.45) is 5.73 Å². The summed E-state index contributed by atoms with van der Waals surface area (Å²) >= 11 is 1.60. The normalized spacial score (nSPS) is 12.7. The van der Waals surface area contributed by atoms with E-state index < -0.39 is 0 Å². The average molecular weight is 219 g/mol. The Bertz CT molecular complexity index is 451. The average Bonchev–Trinajstić information content (AvgIpc) is 2.74. The molecular formula is C12H13NOS. The lowest BCUT2D eigenvalue weighted by atomic mass is 10.0. The summed E-state index contributed by atoms with van der Waals surface area (Å²) in [6.45, 7) is 1.99. The van der Waals surface area contributed by atoms with Crippen LogP contribution in [0.2, 0.25) is 0 Å². The first kappa shape index (κ1) is 10.2. The number of rotatable bonds is 2. The fourth-order valence-electron chi connectivity index (χ4n) is 1.54. The fourth-order valence-corrected chi connectivity index (χ4v) is 2.29. The van der Waals surface area contributed by atoms with E-state index in [1.54, 1.807) is 17.4 Å². The summed E-state index contributed by atoms with van der Waals surface area (Å²) in [5, 5.41) is 11.7. The van der Waals surface area contributed by atoms with E-state index >= 15 is 0 Å². The molecule has 0 fully saturated rings. The fraction of sp³-hybridized carbons (Fsp3) is 0.167. The van der Waals surface area contributed by atoms with Crippen LogP contribution in [0.15, 0.2) is 35.7 Å². The molecule has 1 atom stereocenters. The molecule has 3 N–H and O–H groups in total. The van der Waals surface area contributed by atoms with Crippen molar-refractivity contribution in [1.29, 1.82) is 0 Å². The van der Waals surface area contributed by atoms with Crippen molar-refractivity contribution in [1.82, 2.24) is 0 Å².